The van der Waals surface area contributed by atoms with Gasteiger partial charge in [0.15, 0.2) is 10.3 Å². The summed E-state index contributed by atoms with van der Waals surface area (Å²) in [6, 6.07) is 19.6. The van der Waals surface area contributed by atoms with E-state index in [0.717, 1.165) is 33.2 Å². The minimum absolute atomic E-state index is 0.141. The number of anilines is 1. The van der Waals surface area contributed by atoms with Crippen molar-refractivity contribution in [2.24, 2.45) is 7.05 Å². The largest absolute Gasteiger partial charge is 0.497 e. The van der Waals surface area contributed by atoms with Crippen LogP contribution >= 0.6 is 23.1 Å². The van der Waals surface area contributed by atoms with E-state index >= 15 is 0 Å². The number of para-hydroxylation sites is 1. The van der Waals surface area contributed by atoms with Crippen molar-refractivity contribution in [3.63, 3.8) is 0 Å². The Bertz CT molecular complexity index is 1400. The van der Waals surface area contributed by atoms with E-state index in [4.69, 9.17) is 4.74 Å². The molecule has 0 aliphatic rings. The predicted molar refractivity (Wildman–Crippen MR) is 135 cm³/mol. The quantitative estimate of drug-likeness (QED) is 0.321. The summed E-state index contributed by atoms with van der Waals surface area (Å²) >= 11 is 2.80. The summed E-state index contributed by atoms with van der Waals surface area (Å²) in [5.41, 5.74) is 2.90. The molecule has 34 heavy (non-hydrogen) atoms. The highest BCUT2D eigenvalue weighted by Crippen LogP contribution is 2.27. The van der Waals surface area contributed by atoms with Crippen LogP contribution in [-0.2, 0) is 18.3 Å². The normalized spacial score (nSPS) is 11.1. The molecule has 3 heterocycles. The first-order valence-electron chi connectivity index (χ1n) is 10.6. The minimum atomic E-state index is -0.141. The van der Waals surface area contributed by atoms with Crippen LogP contribution in [0, 0.1) is 0 Å². The molecule has 0 spiro atoms. The summed E-state index contributed by atoms with van der Waals surface area (Å²) in [4.78, 5) is 17.1. The van der Waals surface area contributed by atoms with Crippen LogP contribution < -0.4 is 10.1 Å². The van der Waals surface area contributed by atoms with Gasteiger partial charge in [-0.3, -0.25) is 9.36 Å². The maximum atomic E-state index is 12.7. The van der Waals surface area contributed by atoms with E-state index in [9.17, 15) is 4.79 Å². The number of fused-ring (bicyclic) bond motifs is 1. The van der Waals surface area contributed by atoms with Gasteiger partial charge in [-0.25, -0.2) is 4.98 Å². The van der Waals surface area contributed by atoms with Crippen LogP contribution in [0.15, 0.2) is 72.0 Å². The average Bonchev–Trinajstić information content (AvgIpc) is 3.56. The summed E-state index contributed by atoms with van der Waals surface area (Å²) < 4.78 is 10.4. The zero-order chi connectivity index (χ0) is 23.5. The van der Waals surface area contributed by atoms with E-state index in [0.29, 0.717) is 16.7 Å². The van der Waals surface area contributed by atoms with Gasteiger partial charge in [0.2, 0.25) is 5.91 Å². The summed E-state index contributed by atoms with van der Waals surface area (Å²) in [6.07, 6.45) is 2.62. The molecule has 2 aromatic carbocycles. The van der Waals surface area contributed by atoms with E-state index in [-0.39, 0.29) is 11.7 Å². The lowest BCUT2D eigenvalue weighted by atomic mass is 10.2. The Labute approximate surface area is 204 Å². The van der Waals surface area contributed by atoms with Gasteiger partial charge < -0.3 is 14.6 Å². The standard InChI is InChI=1S/C24H22N6O2S2/c1-29-13-5-6-17(29)14-21-27-28-24(30(21)16-9-11-18(32-2)12-10-16)33-15-22(31)26-23-25-19-7-3-4-8-20(19)34-23/h3-13H,14-15H2,1-2H3,(H,25,26,31). The molecular formula is C24H22N6O2S2. The van der Waals surface area contributed by atoms with E-state index in [1.165, 1.54) is 23.1 Å². The van der Waals surface area contributed by atoms with Crippen LogP contribution in [0.25, 0.3) is 15.9 Å². The first kappa shape index (κ1) is 22.2. The number of rotatable bonds is 8. The number of amides is 1. The van der Waals surface area contributed by atoms with E-state index in [1.807, 2.05) is 72.4 Å². The van der Waals surface area contributed by atoms with Crippen molar-refractivity contribution >= 4 is 44.4 Å². The molecule has 8 nitrogen and oxygen atoms in total. The van der Waals surface area contributed by atoms with Gasteiger partial charge in [0.1, 0.15) is 11.6 Å². The maximum Gasteiger partial charge on any atom is 0.236 e. The molecule has 5 rings (SSSR count). The van der Waals surface area contributed by atoms with E-state index in [2.05, 4.69) is 31.1 Å². The van der Waals surface area contributed by atoms with Gasteiger partial charge in [-0.05, 0) is 48.5 Å². The maximum absolute atomic E-state index is 12.7. The minimum Gasteiger partial charge on any atom is -0.497 e. The third kappa shape index (κ3) is 4.68. The van der Waals surface area contributed by atoms with Gasteiger partial charge in [-0.2, -0.15) is 0 Å². The zero-order valence-corrected chi connectivity index (χ0v) is 20.3. The molecular weight excluding hydrogens is 468 g/mol. The van der Waals surface area contributed by atoms with Crippen LogP contribution in [-0.4, -0.2) is 43.1 Å². The van der Waals surface area contributed by atoms with Crippen molar-refractivity contribution in [1.29, 1.82) is 0 Å². The number of carbonyl (C=O) groups excluding carboxylic acids is 1. The smallest absolute Gasteiger partial charge is 0.236 e. The van der Waals surface area contributed by atoms with Crippen molar-refractivity contribution in [3.05, 3.63) is 78.4 Å². The molecule has 0 saturated heterocycles. The molecule has 0 radical (unpaired) electrons. The van der Waals surface area contributed by atoms with Crippen molar-refractivity contribution in [2.75, 3.05) is 18.2 Å². The van der Waals surface area contributed by atoms with Gasteiger partial charge in [-0.1, -0.05) is 35.2 Å². The van der Waals surface area contributed by atoms with Crippen molar-refractivity contribution in [1.82, 2.24) is 24.3 Å². The van der Waals surface area contributed by atoms with Crippen LogP contribution in [0.3, 0.4) is 0 Å². The highest BCUT2D eigenvalue weighted by atomic mass is 32.2. The molecule has 0 fully saturated rings. The number of nitrogens with zero attached hydrogens (tertiary/aromatic N) is 5. The molecule has 172 valence electrons. The Hall–Kier alpha value is -3.63. The summed E-state index contributed by atoms with van der Waals surface area (Å²) in [6.45, 7) is 0. The summed E-state index contributed by atoms with van der Waals surface area (Å²) in [7, 11) is 3.64. The fourth-order valence-electron chi connectivity index (χ4n) is 3.55. The summed E-state index contributed by atoms with van der Waals surface area (Å²) in [5, 5.41) is 13.0. The number of thioether (sulfide) groups is 1. The van der Waals surface area contributed by atoms with Crippen LogP contribution in [0.2, 0.25) is 0 Å². The van der Waals surface area contributed by atoms with E-state index < -0.39 is 0 Å². The van der Waals surface area contributed by atoms with Crippen LogP contribution in [0.1, 0.15) is 11.5 Å². The lowest BCUT2D eigenvalue weighted by molar-refractivity contribution is -0.113. The molecule has 0 aliphatic heterocycles. The third-order valence-corrected chi connectivity index (χ3v) is 7.17. The highest BCUT2D eigenvalue weighted by Gasteiger charge is 2.18. The van der Waals surface area contributed by atoms with Crippen LogP contribution in [0.4, 0.5) is 5.13 Å². The molecule has 0 unspecified atom stereocenters. The van der Waals surface area contributed by atoms with Crippen molar-refractivity contribution in [3.8, 4) is 11.4 Å². The Morgan fingerprint density at radius 2 is 1.91 bits per heavy atom. The second-order valence-electron chi connectivity index (χ2n) is 7.54. The molecule has 0 saturated carbocycles. The molecule has 0 aliphatic carbocycles. The van der Waals surface area contributed by atoms with E-state index in [1.54, 1.807) is 7.11 Å². The predicted octanol–water partition coefficient (Wildman–Crippen LogP) is 4.55. The number of ether oxygens (including phenoxy) is 1. The SMILES string of the molecule is COc1ccc(-n2c(Cc3cccn3C)nnc2SCC(=O)Nc2nc3ccccc3s2)cc1. The Balaban J connectivity index is 1.36. The summed E-state index contributed by atoms with van der Waals surface area (Å²) in [5.74, 6) is 1.61. The number of thiazole rings is 1. The molecule has 10 heteroatoms. The van der Waals surface area contributed by atoms with Gasteiger partial charge in [0.05, 0.1) is 23.1 Å². The Morgan fingerprint density at radius 3 is 2.65 bits per heavy atom. The monoisotopic (exact) mass is 490 g/mol. The molecule has 5 aromatic rings. The highest BCUT2D eigenvalue weighted by molar-refractivity contribution is 7.99. The van der Waals surface area contributed by atoms with Crippen LogP contribution in [0.5, 0.6) is 5.75 Å². The molecule has 1 amide bonds. The Kier molecular flexibility index (Phi) is 6.33. The molecule has 0 atom stereocenters. The number of benzene rings is 2. The fraction of sp³-hybridized carbons (Fsp3) is 0.167. The zero-order valence-electron chi connectivity index (χ0n) is 18.6. The van der Waals surface area contributed by atoms with Gasteiger partial charge in [-0.15, -0.1) is 10.2 Å². The van der Waals surface area contributed by atoms with Gasteiger partial charge in [0, 0.05) is 31.0 Å². The van der Waals surface area contributed by atoms with Gasteiger partial charge in [0.25, 0.3) is 0 Å². The molecule has 0 bridgehead atoms. The Morgan fingerprint density at radius 1 is 1.09 bits per heavy atom. The number of nitrogens with one attached hydrogen (secondary N) is 1. The van der Waals surface area contributed by atoms with Gasteiger partial charge >= 0.3 is 0 Å². The third-order valence-electron chi connectivity index (χ3n) is 5.29. The fourth-order valence-corrected chi connectivity index (χ4v) is 5.21. The second kappa shape index (κ2) is 9.70. The number of carbonyl (C=O) groups is 1. The first-order valence-corrected chi connectivity index (χ1v) is 12.4. The number of aryl methyl sites for hydroxylation is 1. The first-order chi connectivity index (χ1) is 16.6. The second-order valence-corrected chi connectivity index (χ2v) is 9.52. The number of hydrogen-bond acceptors (Lipinski definition) is 7. The number of methoxy groups -OCH3 is 1. The lowest BCUT2D eigenvalue weighted by Gasteiger charge is -2.11. The van der Waals surface area contributed by atoms with Crippen molar-refractivity contribution in [2.45, 2.75) is 11.6 Å². The molecule has 3 aromatic heterocycles. The number of aromatic nitrogens is 5. The van der Waals surface area contributed by atoms with Crippen molar-refractivity contribution < 1.29 is 9.53 Å². The lowest BCUT2D eigenvalue weighted by Crippen LogP contribution is -2.14. The molecule has 1 N–H and O–H groups in total. The average molecular weight is 491 g/mol. The number of hydrogen-bond donors (Lipinski definition) is 1. The topological polar surface area (TPSA) is 86.9 Å².